The molecule has 1 saturated carbocycles. The van der Waals surface area contributed by atoms with Crippen LogP contribution < -0.4 is 5.32 Å². The minimum absolute atomic E-state index is 0.905. The summed E-state index contributed by atoms with van der Waals surface area (Å²) in [7, 11) is 0. The maximum Gasteiger partial charge on any atom is 0.125 e. The van der Waals surface area contributed by atoms with Crippen molar-refractivity contribution < 1.29 is 0 Å². The van der Waals surface area contributed by atoms with Gasteiger partial charge in [0.05, 0.1) is 0 Å². The highest BCUT2D eigenvalue weighted by atomic mass is 32.2. The van der Waals surface area contributed by atoms with Crippen molar-refractivity contribution in [1.82, 2.24) is 4.98 Å². The van der Waals surface area contributed by atoms with Crippen LogP contribution in [-0.2, 0) is 0 Å². The zero-order valence-corrected chi connectivity index (χ0v) is 8.60. The number of anilines is 1. The summed E-state index contributed by atoms with van der Waals surface area (Å²) in [6.45, 7) is 1.09. The fraction of sp³-hybridized carbons (Fsp3) is 0.500. The number of nitrogens with zero attached hydrogens (tertiary/aromatic N) is 1. The lowest BCUT2D eigenvalue weighted by atomic mass is 10.4. The molecular formula is C10H14N2S. The SMILES string of the molecule is CSc1ccc(NCC2CC2)nc1. The Kier molecular flexibility index (Phi) is 2.74. The summed E-state index contributed by atoms with van der Waals surface area (Å²) in [6, 6.07) is 4.15. The van der Waals surface area contributed by atoms with Crippen LogP contribution in [0, 0.1) is 5.92 Å². The van der Waals surface area contributed by atoms with Gasteiger partial charge in [-0.25, -0.2) is 4.98 Å². The Hall–Kier alpha value is -0.700. The van der Waals surface area contributed by atoms with Crippen molar-refractivity contribution in [1.29, 1.82) is 0 Å². The summed E-state index contributed by atoms with van der Waals surface area (Å²) in [5.74, 6) is 1.91. The van der Waals surface area contributed by atoms with Gasteiger partial charge in [-0.1, -0.05) is 0 Å². The monoisotopic (exact) mass is 194 g/mol. The molecule has 1 heterocycles. The predicted molar refractivity (Wildman–Crippen MR) is 57.2 cm³/mol. The molecule has 1 N–H and O–H groups in total. The molecule has 0 amide bonds. The lowest BCUT2D eigenvalue weighted by Gasteiger charge is -2.03. The first-order valence-electron chi connectivity index (χ1n) is 4.62. The van der Waals surface area contributed by atoms with Crippen molar-refractivity contribution in [2.45, 2.75) is 17.7 Å². The first-order chi connectivity index (χ1) is 6.38. The van der Waals surface area contributed by atoms with Crippen molar-refractivity contribution >= 4 is 17.6 Å². The van der Waals surface area contributed by atoms with Gasteiger partial charge in [0.25, 0.3) is 0 Å². The largest absolute Gasteiger partial charge is 0.370 e. The smallest absolute Gasteiger partial charge is 0.125 e. The highest BCUT2D eigenvalue weighted by Crippen LogP contribution is 2.28. The summed E-state index contributed by atoms with van der Waals surface area (Å²) in [4.78, 5) is 5.54. The Balaban J connectivity index is 1.88. The van der Waals surface area contributed by atoms with E-state index in [1.807, 2.05) is 12.3 Å². The standard InChI is InChI=1S/C10H14N2S/c1-13-9-4-5-10(12-7-9)11-6-8-2-3-8/h4-5,7-8H,2-3,6H2,1H3,(H,11,12). The molecule has 1 aromatic heterocycles. The van der Waals surface area contributed by atoms with Gasteiger partial charge in [-0.05, 0) is 37.1 Å². The molecule has 3 heteroatoms. The number of hydrogen-bond acceptors (Lipinski definition) is 3. The maximum atomic E-state index is 4.32. The molecule has 2 nitrogen and oxygen atoms in total. The highest BCUT2D eigenvalue weighted by Gasteiger charge is 2.20. The molecular weight excluding hydrogens is 180 g/mol. The molecule has 0 radical (unpaired) electrons. The normalized spacial score (nSPS) is 15.8. The van der Waals surface area contributed by atoms with Crippen LogP contribution in [-0.4, -0.2) is 17.8 Å². The van der Waals surface area contributed by atoms with E-state index in [1.54, 1.807) is 11.8 Å². The molecule has 0 aliphatic heterocycles. The van der Waals surface area contributed by atoms with Crippen molar-refractivity contribution in [2.75, 3.05) is 18.1 Å². The van der Waals surface area contributed by atoms with Crippen LogP contribution in [0.25, 0.3) is 0 Å². The van der Waals surface area contributed by atoms with Gasteiger partial charge in [-0.15, -0.1) is 11.8 Å². The van der Waals surface area contributed by atoms with Crippen molar-refractivity contribution in [2.24, 2.45) is 5.92 Å². The predicted octanol–water partition coefficient (Wildman–Crippen LogP) is 2.63. The Bertz CT molecular complexity index is 267. The third-order valence-electron chi connectivity index (χ3n) is 2.24. The van der Waals surface area contributed by atoms with E-state index in [0.29, 0.717) is 0 Å². The Labute approximate surface area is 83.1 Å². The Morgan fingerprint density at radius 3 is 2.92 bits per heavy atom. The van der Waals surface area contributed by atoms with Gasteiger partial charge >= 0.3 is 0 Å². The Morgan fingerprint density at radius 1 is 1.54 bits per heavy atom. The molecule has 0 atom stereocenters. The molecule has 0 bridgehead atoms. The van der Waals surface area contributed by atoms with Crippen molar-refractivity contribution in [3.05, 3.63) is 18.3 Å². The van der Waals surface area contributed by atoms with Crippen LogP contribution in [0.3, 0.4) is 0 Å². The lowest BCUT2D eigenvalue weighted by molar-refractivity contribution is 0.882. The molecule has 70 valence electrons. The van der Waals surface area contributed by atoms with Gasteiger partial charge in [0, 0.05) is 17.6 Å². The van der Waals surface area contributed by atoms with Gasteiger partial charge in [0.2, 0.25) is 0 Å². The van der Waals surface area contributed by atoms with Gasteiger partial charge < -0.3 is 5.32 Å². The number of hydrogen-bond donors (Lipinski definition) is 1. The number of nitrogens with one attached hydrogen (secondary N) is 1. The second-order valence-electron chi connectivity index (χ2n) is 3.41. The summed E-state index contributed by atoms with van der Waals surface area (Å²) in [5.41, 5.74) is 0. The third-order valence-corrected chi connectivity index (χ3v) is 2.95. The maximum absolute atomic E-state index is 4.32. The molecule has 1 aliphatic rings. The summed E-state index contributed by atoms with van der Waals surface area (Å²) in [6.07, 6.45) is 6.75. The molecule has 13 heavy (non-hydrogen) atoms. The zero-order chi connectivity index (χ0) is 9.10. The minimum atomic E-state index is 0.905. The molecule has 0 saturated heterocycles. The van der Waals surface area contributed by atoms with E-state index in [4.69, 9.17) is 0 Å². The van der Waals surface area contributed by atoms with Crippen molar-refractivity contribution in [3.63, 3.8) is 0 Å². The highest BCUT2D eigenvalue weighted by molar-refractivity contribution is 7.98. The van der Waals surface area contributed by atoms with Crippen LogP contribution >= 0.6 is 11.8 Å². The van der Waals surface area contributed by atoms with Gasteiger partial charge in [-0.3, -0.25) is 0 Å². The number of pyridine rings is 1. The molecule has 0 aromatic carbocycles. The zero-order valence-electron chi connectivity index (χ0n) is 7.79. The van der Waals surface area contributed by atoms with E-state index in [9.17, 15) is 0 Å². The summed E-state index contributed by atoms with van der Waals surface area (Å²) >= 11 is 1.72. The minimum Gasteiger partial charge on any atom is -0.370 e. The van der Waals surface area contributed by atoms with Crippen LogP contribution in [0.4, 0.5) is 5.82 Å². The number of aromatic nitrogens is 1. The average Bonchev–Trinajstić information content (AvgIpc) is 2.99. The molecule has 1 aliphatic carbocycles. The Morgan fingerprint density at radius 2 is 2.38 bits per heavy atom. The van der Waals surface area contributed by atoms with Crippen molar-refractivity contribution in [3.8, 4) is 0 Å². The van der Waals surface area contributed by atoms with Crippen LogP contribution in [0.1, 0.15) is 12.8 Å². The number of rotatable bonds is 4. The van der Waals surface area contributed by atoms with E-state index in [1.165, 1.54) is 17.7 Å². The molecule has 1 fully saturated rings. The first kappa shape index (κ1) is 8.88. The fourth-order valence-electron chi connectivity index (χ4n) is 1.18. The van der Waals surface area contributed by atoms with E-state index in [0.717, 1.165) is 18.3 Å². The van der Waals surface area contributed by atoms with E-state index in [2.05, 4.69) is 22.6 Å². The molecule has 2 rings (SSSR count). The van der Waals surface area contributed by atoms with Crippen LogP contribution in [0.15, 0.2) is 23.2 Å². The fourth-order valence-corrected chi connectivity index (χ4v) is 1.54. The molecule has 1 aromatic rings. The average molecular weight is 194 g/mol. The number of thioether (sulfide) groups is 1. The quantitative estimate of drug-likeness (QED) is 0.746. The first-order valence-corrected chi connectivity index (χ1v) is 5.85. The van der Waals surface area contributed by atoms with Crippen LogP contribution in [0.2, 0.25) is 0 Å². The van der Waals surface area contributed by atoms with Gasteiger partial charge in [0.1, 0.15) is 5.82 Å². The van der Waals surface area contributed by atoms with Crippen LogP contribution in [0.5, 0.6) is 0 Å². The summed E-state index contributed by atoms with van der Waals surface area (Å²) in [5, 5.41) is 3.34. The van der Waals surface area contributed by atoms with E-state index >= 15 is 0 Å². The van der Waals surface area contributed by atoms with Gasteiger partial charge in [-0.2, -0.15) is 0 Å². The second-order valence-corrected chi connectivity index (χ2v) is 4.29. The van der Waals surface area contributed by atoms with E-state index < -0.39 is 0 Å². The molecule has 0 unspecified atom stereocenters. The lowest BCUT2D eigenvalue weighted by Crippen LogP contribution is -2.04. The van der Waals surface area contributed by atoms with E-state index in [-0.39, 0.29) is 0 Å². The third kappa shape index (κ3) is 2.62. The topological polar surface area (TPSA) is 24.9 Å². The molecule has 0 spiro atoms. The second kappa shape index (κ2) is 4.01. The summed E-state index contributed by atoms with van der Waals surface area (Å²) < 4.78 is 0. The van der Waals surface area contributed by atoms with Gasteiger partial charge in [0.15, 0.2) is 0 Å².